The normalized spacial score (nSPS) is 14.7. The molecule has 0 spiro atoms. The molecular weight excluding hydrogens is 248 g/mol. The van der Waals surface area contributed by atoms with Gasteiger partial charge in [-0.1, -0.05) is 11.3 Å². The van der Waals surface area contributed by atoms with Gasteiger partial charge >= 0.3 is 0 Å². The highest BCUT2D eigenvalue weighted by atomic mass is 32.1. The van der Waals surface area contributed by atoms with Gasteiger partial charge in [0.2, 0.25) is 0 Å². The lowest BCUT2D eigenvalue weighted by Gasteiger charge is -2.25. The molecule has 2 aromatic heterocycles. The predicted molar refractivity (Wildman–Crippen MR) is 69.2 cm³/mol. The molecule has 92 valence electrons. The topological polar surface area (TPSA) is 72.1 Å². The van der Waals surface area contributed by atoms with E-state index in [0.717, 1.165) is 17.7 Å². The van der Waals surface area contributed by atoms with Gasteiger partial charge in [-0.15, -0.1) is 0 Å². The zero-order chi connectivity index (χ0) is 12.5. The molecule has 0 aliphatic carbocycles. The Morgan fingerprint density at radius 1 is 1.39 bits per heavy atom. The number of anilines is 1. The predicted octanol–water partition coefficient (Wildman–Crippen LogP) is 1.32. The Morgan fingerprint density at radius 2 is 2.17 bits per heavy atom. The second-order valence-corrected chi connectivity index (χ2v) is 5.19. The van der Waals surface area contributed by atoms with Gasteiger partial charge < -0.3 is 10.6 Å². The monoisotopic (exact) mass is 260 g/mol. The number of nitrogens with zero attached hydrogens (tertiary/aromatic N) is 3. The number of thiazole rings is 1. The Labute approximate surface area is 108 Å². The molecule has 0 saturated heterocycles. The lowest BCUT2D eigenvalue weighted by atomic mass is 10.1. The number of hydrogen-bond acceptors (Lipinski definition) is 5. The van der Waals surface area contributed by atoms with Gasteiger partial charge in [0, 0.05) is 31.9 Å². The van der Waals surface area contributed by atoms with Crippen LogP contribution >= 0.6 is 11.3 Å². The zero-order valence-electron chi connectivity index (χ0n) is 9.67. The van der Waals surface area contributed by atoms with Crippen molar-refractivity contribution >= 4 is 22.4 Å². The van der Waals surface area contributed by atoms with Crippen molar-refractivity contribution in [2.24, 2.45) is 0 Å². The van der Waals surface area contributed by atoms with Crippen LogP contribution in [-0.4, -0.2) is 27.3 Å². The molecule has 6 heteroatoms. The van der Waals surface area contributed by atoms with Crippen molar-refractivity contribution in [3.8, 4) is 0 Å². The number of amides is 1. The van der Waals surface area contributed by atoms with E-state index in [-0.39, 0.29) is 5.91 Å². The van der Waals surface area contributed by atoms with Crippen molar-refractivity contribution in [3.63, 3.8) is 0 Å². The lowest BCUT2D eigenvalue weighted by Crippen LogP contribution is -2.36. The van der Waals surface area contributed by atoms with Crippen LogP contribution in [-0.2, 0) is 13.0 Å². The molecule has 0 unspecified atom stereocenters. The molecule has 2 aromatic rings. The molecular formula is C12H12N4OS. The van der Waals surface area contributed by atoms with E-state index in [1.807, 2.05) is 17.0 Å². The fourth-order valence-electron chi connectivity index (χ4n) is 2.05. The highest BCUT2D eigenvalue weighted by molar-refractivity contribution is 7.17. The Morgan fingerprint density at radius 3 is 2.94 bits per heavy atom. The summed E-state index contributed by atoms with van der Waals surface area (Å²) < 4.78 is 0. The molecule has 0 radical (unpaired) electrons. The minimum absolute atomic E-state index is 0.0299. The third-order valence-electron chi connectivity index (χ3n) is 2.94. The number of rotatable bonds is 2. The fourth-order valence-corrected chi connectivity index (χ4v) is 2.90. The largest absolute Gasteiger partial charge is 0.375 e. The molecule has 1 amide bonds. The number of fused-ring (bicyclic) bond motifs is 1. The molecule has 3 heterocycles. The van der Waals surface area contributed by atoms with E-state index in [0.29, 0.717) is 23.1 Å². The number of hydrogen-bond donors (Lipinski definition) is 1. The average Bonchev–Trinajstić information content (AvgIpc) is 2.76. The summed E-state index contributed by atoms with van der Waals surface area (Å²) in [5.74, 6) is 0.0299. The van der Waals surface area contributed by atoms with Crippen molar-refractivity contribution in [1.82, 2.24) is 14.9 Å². The average molecular weight is 260 g/mol. The van der Waals surface area contributed by atoms with Gasteiger partial charge in [0.05, 0.1) is 5.69 Å². The van der Waals surface area contributed by atoms with Gasteiger partial charge in [0.25, 0.3) is 5.91 Å². The maximum absolute atomic E-state index is 12.3. The summed E-state index contributed by atoms with van der Waals surface area (Å²) in [7, 11) is 0. The molecule has 0 bridgehead atoms. The van der Waals surface area contributed by atoms with Gasteiger partial charge in [-0.25, -0.2) is 4.98 Å². The van der Waals surface area contributed by atoms with Crippen LogP contribution in [0.2, 0.25) is 0 Å². The Hall–Kier alpha value is -1.95. The van der Waals surface area contributed by atoms with Crippen LogP contribution in [0, 0.1) is 0 Å². The van der Waals surface area contributed by atoms with E-state index in [1.165, 1.54) is 11.3 Å². The van der Waals surface area contributed by atoms with Crippen LogP contribution in [0.4, 0.5) is 5.13 Å². The molecule has 3 rings (SSSR count). The van der Waals surface area contributed by atoms with Crippen LogP contribution in [0.15, 0.2) is 24.5 Å². The second kappa shape index (κ2) is 4.38. The van der Waals surface area contributed by atoms with Gasteiger partial charge in [-0.3, -0.25) is 9.78 Å². The number of nitrogen functional groups attached to an aromatic ring is 1. The number of pyridine rings is 1. The minimum atomic E-state index is 0.0299. The summed E-state index contributed by atoms with van der Waals surface area (Å²) in [6, 6.07) is 3.84. The highest BCUT2D eigenvalue weighted by Gasteiger charge is 2.27. The molecule has 0 aromatic carbocycles. The van der Waals surface area contributed by atoms with E-state index in [4.69, 9.17) is 5.73 Å². The highest BCUT2D eigenvalue weighted by Crippen LogP contribution is 2.27. The molecule has 1 aliphatic rings. The van der Waals surface area contributed by atoms with Crippen molar-refractivity contribution in [1.29, 1.82) is 0 Å². The van der Waals surface area contributed by atoms with Crippen molar-refractivity contribution in [2.75, 3.05) is 12.3 Å². The molecule has 0 saturated carbocycles. The van der Waals surface area contributed by atoms with E-state index in [1.54, 1.807) is 12.4 Å². The molecule has 1 aliphatic heterocycles. The number of nitrogens with two attached hydrogens (primary N) is 1. The standard InChI is InChI=1S/C12H12N4OS/c13-12-15-9-3-6-16(11(17)10(9)18-12)7-8-1-4-14-5-2-8/h1-2,4-5H,3,6-7H2,(H2,13,15). The summed E-state index contributed by atoms with van der Waals surface area (Å²) in [6.07, 6.45) is 4.25. The van der Waals surface area contributed by atoms with Crippen LogP contribution < -0.4 is 5.73 Å². The minimum Gasteiger partial charge on any atom is -0.375 e. The van der Waals surface area contributed by atoms with Crippen molar-refractivity contribution < 1.29 is 4.79 Å². The number of carbonyl (C=O) groups excluding carboxylic acids is 1. The molecule has 0 atom stereocenters. The van der Waals surface area contributed by atoms with Crippen LogP contribution in [0.3, 0.4) is 0 Å². The molecule has 0 fully saturated rings. The summed E-state index contributed by atoms with van der Waals surface area (Å²) in [4.78, 5) is 22.9. The number of carbonyl (C=O) groups is 1. The Balaban J connectivity index is 1.82. The van der Waals surface area contributed by atoms with Crippen molar-refractivity contribution in [3.05, 3.63) is 40.7 Å². The van der Waals surface area contributed by atoms with Crippen LogP contribution in [0.5, 0.6) is 0 Å². The first kappa shape index (κ1) is 11.2. The van der Waals surface area contributed by atoms with E-state index in [2.05, 4.69) is 9.97 Å². The lowest BCUT2D eigenvalue weighted by molar-refractivity contribution is 0.0731. The summed E-state index contributed by atoms with van der Waals surface area (Å²) in [6.45, 7) is 1.30. The van der Waals surface area contributed by atoms with E-state index < -0.39 is 0 Å². The van der Waals surface area contributed by atoms with Gasteiger partial charge in [0.1, 0.15) is 4.88 Å². The fraction of sp³-hybridized carbons (Fsp3) is 0.250. The first-order valence-corrected chi connectivity index (χ1v) is 6.49. The Bertz CT molecular complexity index is 581. The van der Waals surface area contributed by atoms with Crippen LogP contribution in [0.1, 0.15) is 20.9 Å². The first-order valence-electron chi connectivity index (χ1n) is 5.67. The summed E-state index contributed by atoms with van der Waals surface area (Å²) in [5, 5.41) is 0.471. The maximum atomic E-state index is 12.3. The van der Waals surface area contributed by atoms with Crippen molar-refractivity contribution in [2.45, 2.75) is 13.0 Å². The quantitative estimate of drug-likeness (QED) is 0.884. The second-order valence-electron chi connectivity index (χ2n) is 4.16. The Kier molecular flexibility index (Phi) is 2.71. The number of aromatic nitrogens is 2. The third-order valence-corrected chi connectivity index (χ3v) is 3.85. The van der Waals surface area contributed by atoms with Gasteiger partial charge in [-0.05, 0) is 17.7 Å². The SMILES string of the molecule is Nc1nc2c(s1)C(=O)N(Cc1ccncc1)CC2. The summed E-state index contributed by atoms with van der Waals surface area (Å²) >= 11 is 1.28. The summed E-state index contributed by atoms with van der Waals surface area (Å²) in [5.41, 5.74) is 7.57. The molecule has 18 heavy (non-hydrogen) atoms. The first-order chi connectivity index (χ1) is 8.74. The maximum Gasteiger partial charge on any atom is 0.266 e. The third kappa shape index (κ3) is 1.95. The zero-order valence-corrected chi connectivity index (χ0v) is 10.5. The molecule has 5 nitrogen and oxygen atoms in total. The van der Waals surface area contributed by atoms with Gasteiger partial charge in [0.15, 0.2) is 5.13 Å². The smallest absolute Gasteiger partial charge is 0.266 e. The van der Waals surface area contributed by atoms with Gasteiger partial charge in [-0.2, -0.15) is 0 Å². The van der Waals surface area contributed by atoms with E-state index >= 15 is 0 Å². The van der Waals surface area contributed by atoms with Crippen LogP contribution in [0.25, 0.3) is 0 Å². The van der Waals surface area contributed by atoms with E-state index in [9.17, 15) is 4.79 Å². The molecule has 2 N–H and O–H groups in total.